The van der Waals surface area contributed by atoms with E-state index >= 15 is 0 Å². The molecule has 0 aliphatic rings. The van der Waals surface area contributed by atoms with Crippen molar-refractivity contribution in [2.24, 2.45) is 0 Å². The van der Waals surface area contributed by atoms with Gasteiger partial charge < -0.3 is 0 Å². The van der Waals surface area contributed by atoms with Crippen molar-refractivity contribution in [3.05, 3.63) is 47.9 Å². The molecule has 0 spiro atoms. The second-order valence-electron chi connectivity index (χ2n) is 2.71. The first kappa shape index (κ1) is 8.06. The van der Waals surface area contributed by atoms with Crippen molar-refractivity contribution in [2.45, 2.75) is 13.8 Å². The summed E-state index contributed by atoms with van der Waals surface area (Å²) in [6, 6.07) is 6.30. The van der Waals surface area contributed by atoms with E-state index in [4.69, 9.17) is 0 Å². The lowest BCUT2D eigenvalue weighted by atomic mass is 10.0. The quantitative estimate of drug-likeness (QED) is 0.569. The fourth-order valence-corrected chi connectivity index (χ4v) is 1.21. The van der Waals surface area contributed by atoms with E-state index in [0.29, 0.717) is 0 Å². The van der Waals surface area contributed by atoms with E-state index in [1.165, 1.54) is 16.7 Å². The molecule has 0 saturated heterocycles. The lowest BCUT2D eigenvalue weighted by Gasteiger charge is -2.02. The summed E-state index contributed by atoms with van der Waals surface area (Å²) in [4.78, 5) is 0. The standard InChI is InChI=1S/C11H13/c1-4-6-11-9(2)7-5-8-10(11)3/h4-8H,1H2,2-3H3/b6-4+. The van der Waals surface area contributed by atoms with E-state index in [1.54, 1.807) is 0 Å². The molecular weight excluding hydrogens is 132 g/mol. The van der Waals surface area contributed by atoms with Gasteiger partial charge in [0.15, 0.2) is 0 Å². The van der Waals surface area contributed by atoms with Crippen LogP contribution in [0, 0.1) is 20.8 Å². The maximum atomic E-state index is 3.68. The van der Waals surface area contributed by atoms with Crippen LogP contribution in [0.1, 0.15) is 16.7 Å². The Bertz CT molecular complexity index is 249. The molecule has 0 aromatic heterocycles. The molecule has 0 aliphatic carbocycles. The number of hydrogen-bond acceptors (Lipinski definition) is 0. The number of benzene rings is 1. The van der Waals surface area contributed by atoms with Gasteiger partial charge in [0.05, 0.1) is 0 Å². The van der Waals surface area contributed by atoms with Crippen molar-refractivity contribution in [1.82, 2.24) is 0 Å². The van der Waals surface area contributed by atoms with Crippen LogP contribution in [0.3, 0.4) is 0 Å². The first-order chi connectivity index (χ1) is 5.25. The summed E-state index contributed by atoms with van der Waals surface area (Å²) in [6.45, 7) is 7.91. The van der Waals surface area contributed by atoms with Gasteiger partial charge >= 0.3 is 0 Å². The first-order valence-electron chi connectivity index (χ1n) is 3.77. The molecule has 0 fully saturated rings. The number of aryl methyl sites for hydroxylation is 2. The van der Waals surface area contributed by atoms with Crippen molar-refractivity contribution in [3.63, 3.8) is 0 Å². The van der Waals surface area contributed by atoms with Gasteiger partial charge in [-0.05, 0) is 37.5 Å². The van der Waals surface area contributed by atoms with Crippen molar-refractivity contribution in [2.75, 3.05) is 0 Å². The molecule has 0 amide bonds. The Labute approximate surface area is 68.6 Å². The van der Waals surface area contributed by atoms with Crippen LogP contribution in [-0.2, 0) is 0 Å². The fraction of sp³-hybridized carbons (Fsp3) is 0.182. The third-order valence-electron chi connectivity index (χ3n) is 1.83. The second kappa shape index (κ2) is 3.38. The average molecular weight is 145 g/mol. The predicted molar refractivity (Wildman–Crippen MR) is 50.3 cm³/mol. The normalized spacial score (nSPS) is 10.8. The molecular formula is C11H13. The predicted octanol–water partition coefficient (Wildman–Crippen LogP) is 3.15. The summed E-state index contributed by atoms with van der Waals surface area (Å²) in [5.74, 6) is 0. The maximum Gasteiger partial charge on any atom is -0.0201 e. The van der Waals surface area contributed by atoms with Gasteiger partial charge in [0.2, 0.25) is 0 Å². The molecule has 1 aromatic rings. The molecule has 0 N–H and O–H groups in total. The van der Waals surface area contributed by atoms with Crippen molar-refractivity contribution in [3.8, 4) is 0 Å². The minimum absolute atomic E-state index is 1.29. The van der Waals surface area contributed by atoms with E-state index in [1.807, 2.05) is 12.2 Å². The highest BCUT2D eigenvalue weighted by Crippen LogP contribution is 2.14. The summed E-state index contributed by atoms with van der Waals surface area (Å²) in [5, 5.41) is 0. The number of allylic oxidation sites excluding steroid dienone is 1. The Kier molecular flexibility index (Phi) is 2.48. The van der Waals surface area contributed by atoms with Crippen LogP contribution in [0.15, 0.2) is 24.3 Å². The van der Waals surface area contributed by atoms with Crippen molar-refractivity contribution < 1.29 is 0 Å². The van der Waals surface area contributed by atoms with Gasteiger partial charge in [-0.15, -0.1) is 0 Å². The Morgan fingerprint density at radius 2 is 1.73 bits per heavy atom. The monoisotopic (exact) mass is 145 g/mol. The van der Waals surface area contributed by atoms with Crippen LogP contribution in [-0.4, -0.2) is 0 Å². The van der Waals surface area contributed by atoms with Crippen LogP contribution in [0.5, 0.6) is 0 Å². The Hall–Kier alpha value is -1.04. The summed E-state index contributed by atoms with van der Waals surface area (Å²) in [7, 11) is 0. The topological polar surface area (TPSA) is 0 Å². The van der Waals surface area contributed by atoms with E-state index in [0.717, 1.165) is 0 Å². The third kappa shape index (κ3) is 1.70. The molecule has 57 valence electrons. The third-order valence-corrected chi connectivity index (χ3v) is 1.83. The van der Waals surface area contributed by atoms with Gasteiger partial charge in [0.1, 0.15) is 0 Å². The van der Waals surface area contributed by atoms with Crippen LogP contribution in [0.25, 0.3) is 6.08 Å². The molecule has 11 heavy (non-hydrogen) atoms. The average Bonchev–Trinajstić information content (AvgIpc) is 1.97. The molecule has 0 nitrogen and oxygen atoms in total. The molecule has 0 heteroatoms. The van der Waals surface area contributed by atoms with Crippen molar-refractivity contribution >= 4 is 6.08 Å². The lowest BCUT2D eigenvalue weighted by molar-refractivity contribution is 1.36. The maximum absolute atomic E-state index is 3.68. The molecule has 0 aliphatic heterocycles. The summed E-state index contributed by atoms with van der Waals surface area (Å²) >= 11 is 0. The largest absolute Gasteiger partial charge is 0.0836 e. The molecule has 1 aromatic carbocycles. The van der Waals surface area contributed by atoms with Gasteiger partial charge in [0.25, 0.3) is 0 Å². The zero-order valence-corrected chi connectivity index (χ0v) is 7.09. The zero-order valence-electron chi connectivity index (χ0n) is 7.09. The molecule has 0 heterocycles. The molecule has 1 radical (unpaired) electrons. The van der Waals surface area contributed by atoms with Crippen LogP contribution in [0.4, 0.5) is 0 Å². The molecule has 0 atom stereocenters. The van der Waals surface area contributed by atoms with Gasteiger partial charge in [-0.1, -0.05) is 30.4 Å². The number of hydrogen-bond donors (Lipinski definition) is 0. The Morgan fingerprint density at radius 1 is 1.18 bits per heavy atom. The van der Waals surface area contributed by atoms with E-state index in [9.17, 15) is 0 Å². The fourth-order valence-electron chi connectivity index (χ4n) is 1.21. The van der Waals surface area contributed by atoms with Gasteiger partial charge in [-0.3, -0.25) is 0 Å². The van der Waals surface area contributed by atoms with E-state index in [-0.39, 0.29) is 0 Å². The number of rotatable bonds is 1. The minimum Gasteiger partial charge on any atom is -0.0836 e. The minimum atomic E-state index is 1.29. The second-order valence-corrected chi connectivity index (χ2v) is 2.71. The van der Waals surface area contributed by atoms with E-state index in [2.05, 4.69) is 39.0 Å². The molecule has 1 rings (SSSR count). The van der Waals surface area contributed by atoms with Crippen LogP contribution < -0.4 is 0 Å². The molecule has 0 bridgehead atoms. The highest BCUT2D eigenvalue weighted by Gasteiger charge is 1.95. The molecule has 0 saturated carbocycles. The lowest BCUT2D eigenvalue weighted by Crippen LogP contribution is -1.84. The van der Waals surface area contributed by atoms with Crippen LogP contribution >= 0.6 is 0 Å². The first-order valence-corrected chi connectivity index (χ1v) is 3.77. The van der Waals surface area contributed by atoms with E-state index < -0.39 is 0 Å². The highest BCUT2D eigenvalue weighted by atomic mass is 14.0. The van der Waals surface area contributed by atoms with Gasteiger partial charge in [0, 0.05) is 0 Å². The van der Waals surface area contributed by atoms with Gasteiger partial charge in [-0.2, -0.15) is 0 Å². The Balaban J connectivity index is 3.20. The SMILES string of the molecule is [CH2]/C=C/c1c(C)cccc1C. The van der Waals surface area contributed by atoms with Gasteiger partial charge in [-0.25, -0.2) is 0 Å². The summed E-state index contributed by atoms with van der Waals surface area (Å²) in [6.07, 6.45) is 3.88. The Morgan fingerprint density at radius 3 is 2.18 bits per heavy atom. The van der Waals surface area contributed by atoms with Crippen molar-refractivity contribution in [1.29, 1.82) is 0 Å². The van der Waals surface area contributed by atoms with Crippen LogP contribution in [0.2, 0.25) is 0 Å². The smallest absolute Gasteiger partial charge is 0.0201 e. The zero-order chi connectivity index (χ0) is 8.27. The summed E-state index contributed by atoms with van der Waals surface area (Å²) < 4.78 is 0. The highest BCUT2D eigenvalue weighted by molar-refractivity contribution is 5.57. The summed E-state index contributed by atoms with van der Waals surface area (Å²) in [5.41, 5.74) is 3.91. The molecule has 0 unspecified atom stereocenters.